The first-order valence-electron chi connectivity index (χ1n) is 6.35. The van der Waals surface area contributed by atoms with E-state index in [1.54, 1.807) is 10.4 Å². The van der Waals surface area contributed by atoms with Crippen molar-refractivity contribution in [3.8, 4) is 0 Å². The molecule has 0 saturated heterocycles. The molecule has 0 aliphatic heterocycles. The van der Waals surface area contributed by atoms with E-state index in [1.165, 1.54) is 36.1 Å². The van der Waals surface area contributed by atoms with E-state index < -0.39 is 0 Å². The molecule has 1 atom stereocenters. The smallest absolute Gasteiger partial charge is 0.0749 e. The molecular weight excluding hydrogens is 452 g/mol. The molecule has 1 aromatic carbocycles. The number of benzene rings is 1. The minimum Gasteiger partial charge on any atom is -0.144 e. The molecule has 1 heterocycles. The maximum Gasteiger partial charge on any atom is 0.0749 e. The van der Waals surface area contributed by atoms with Crippen molar-refractivity contribution in [2.24, 2.45) is 0 Å². The van der Waals surface area contributed by atoms with E-state index in [4.69, 9.17) is 0 Å². The van der Waals surface area contributed by atoms with Gasteiger partial charge in [0, 0.05) is 18.7 Å². The molecule has 1 unspecified atom stereocenters. The highest BCUT2D eigenvalue weighted by Crippen LogP contribution is 2.42. The van der Waals surface area contributed by atoms with E-state index in [1.807, 2.05) is 11.3 Å². The summed E-state index contributed by atoms with van der Waals surface area (Å²) in [7, 11) is 0. The Kier molecular flexibility index (Phi) is 4.52. The summed E-state index contributed by atoms with van der Waals surface area (Å²) in [5.41, 5.74) is 2.86. The largest absolute Gasteiger partial charge is 0.144 e. The minimum absolute atomic E-state index is 0.273. The summed E-state index contributed by atoms with van der Waals surface area (Å²) >= 11 is 13.0. The van der Waals surface area contributed by atoms with Crippen molar-refractivity contribution in [2.45, 2.75) is 30.5 Å². The fourth-order valence-corrected chi connectivity index (χ4v) is 5.71. The molecule has 0 amide bonds. The topological polar surface area (TPSA) is 0 Å². The van der Waals surface area contributed by atoms with Crippen LogP contribution >= 0.6 is 59.1 Å². The summed E-state index contributed by atoms with van der Waals surface area (Å²) in [6.45, 7) is 0. The van der Waals surface area contributed by atoms with Crippen molar-refractivity contribution in [2.75, 3.05) is 0 Å². The van der Waals surface area contributed by atoms with E-state index in [2.05, 4.69) is 72.1 Å². The number of thiophene rings is 1. The molecule has 4 heteroatoms. The van der Waals surface area contributed by atoms with E-state index in [9.17, 15) is 0 Å². The highest BCUT2D eigenvalue weighted by atomic mass is 79.9. The third-order valence-electron chi connectivity index (χ3n) is 3.50. The molecule has 1 aliphatic carbocycles. The molecule has 1 aliphatic rings. The molecule has 19 heavy (non-hydrogen) atoms. The van der Waals surface area contributed by atoms with Gasteiger partial charge in [-0.2, -0.15) is 0 Å². The minimum atomic E-state index is 0.273. The molecule has 0 nitrogen and oxygen atoms in total. The third kappa shape index (κ3) is 3.02. The first-order valence-corrected chi connectivity index (χ1v) is 9.67. The van der Waals surface area contributed by atoms with Crippen LogP contribution in [0.25, 0.3) is 0 Å². The second kappa shape index (κ2) is 6.00. The maximum atomic E-state index is 3.86. The zero-order valence-electron chi connectivity index (χ0n) is 10.3. The summed E-state index contributed by atoms with van der Waals surface area (Å²) < 4.78 is 2.28. The second-order valence-corrected chi connectivity index (χ2v) is 8.69. The lowest BCUT2D eigenvalue weighted by molar-refractivity contribution is 0.697. The monoisotopic (exact) mass is 462 g/mol. The second-order valence-electron chi connectivity index (χ2n) is 4.83. The molecule has 0 fully saturated rings. The van der Waals surface area contributed by atoms with E-state index in [-0.39, 0.29) is 4.83 Å². The molecule has 3 rings (SSSR count). The molecule has 0 N–H and O–H groups in total. The average Bonchev–Trinajstić information content (AvgIpc) is 2.84. The van der Waals surface area contributed by atoms with Gasteiger partial charge in [-0.05, 0) is 61.1 Å². The van der Waals surface area contributed by atoms with Crippen molar-refractivity contribution >= 4 is 59.1 Å². The van der Waals surface area contributed by atoms with Gasteiger partial charge in [-0.15, -0.1) is 11.3 Å². The fourth-order valence-electron chi connectivity index (χ4n) is 2.50. The van der Waals surface area contributed by atoms with Crippen LogP contribution in [0.5, 0.6) is 0 Å². The Morgan fingerprint density at radius 3 is 2.63 bits per heavy atom. The average molecular weight is 465 g/mol. The molecule has 1 aromatic heterocycles. The summed E-state index contributed by atoms with van der Waals surface area (Å²) in [5, 5.41) is 0. The third-order valence-corrected chi connectivity index (χ3v) is 7.30. The number of halogens is 3. The molecule has 0 saturated carbocycles. The fraction of sp³-hybridized carbons (Fsp3) is 0.333. The van der Waals surface area contributed by atoms with Crippen molar-refractivity contribution < 1.29 is 0 Å². The van der Waals surface area contributed by atoms with Crippen LogP contribution in [0.2, 0.25) is 0 Å². The highest BCUT2D eigenvalue weighted by molar-refractivity contribution is 9.11. The first kappa shape index (κ1) is 14.3. The Labute approximate surface area is 143 Å². The summed E-state index contributed by atoms with van der Waals surface area (Å²) in [4.78, 5) is 3.29. The SMILES string of the molecule is Brc1ccc(Br)c(C(Br)c2cc3c(s2)CCCC3)c1. The first-order chi connectivity index (χ1) is 9.15. The van der Waals surface area contributed by atoms with Crippen molar-refractivity contribution in [3.63, 3.8) is 0 Å². The summed E-state index contributed by atoms with van der Waals surface area (Å²) in [6, 6.07) is 8.74. The lowest BCUT2D eigenvalue weighted by atomic mass is 9.99. The van der Waals surface area contributed by atoms with Crippen LogP contribution < -0.4 is 0 Å². The quantitative estimate of drug-likeness (QED) is 0.437. The Bertz CT molecular complexity index is 580. The molecular formula is C15H13Br3S. The standard InChI is InChI=1S/C15H13Br3S/c16-10-5-6-12(17)11(8-10)15(18)14-7-9-3-1-2-4-13(9)19-14/h5-8,15H,1-4H2. The zero-order valence-corrected chi connectivity index (χ0v) is 15.8. The summed E-state index contributed by atoms with van der Waals surface area (Å²) in [6.07, 6.45) is 5.21. The van der Waals surface area contributed by atoms with Crippen LogP contribution in [0.4, 0.5) is 0 Å². The van der Waals surface area contributed by atoms with Gasteiger partial charge in [-0.3, -0.25) is 0 Å². The Morgan fingerprint density at radius 1 is 1.05 bits per heavy atom. The van der Waals surface area contributed by atoms with Gasteiger partial charge in [0.25, 0.3) is 0 Å². The predicted octanol–water partition coefficient (Wildman–Crippen LogP) is 6.64. The van der Waals surface area contributed by atoms with E-state index in [0.717, 1.165) is 8.95 Å². The van der Waals surface area contributed by atoms with Gasteiger partial charge < -0.3 is 0 Å². The van der Waals surface area contributed by atoms with Gasteiger partial charge in [0.1, 0.15) is 0 Å². The zero-order chi connectivity index (χ0) is 13.4. The molecule has 2 aromatic rings. The van der Waals surface area contributed by atoms with Crippen LogP contribution in [0.1, 0.15) is 38.6 Å². The van der Waals surface area contributed by atoms with Crippen LogP contribution in [0.15, 0.2) is 33.2 Å². The number of hydrogen-bond acceptors (Lipinski definition) is 1. The van der Waals surface area contributed by atoms with Crippen LogP contribution in [-0.2, 0) is 12.8 Å². The normalized spacial score (nSPS) is 16.2. The number of alkyl halides is 1. The molecule has 0 bridgehead atoms. The maximum absolute atomic E-state index is 3.86. The van der Waals surface area contributed by atoms with Gasteiger partial charge >= 0.3 is 0 Å². The van der Waals surface area contributed by atoms with Crippen molar-refractivity contribution in [1.82, 2.24) is 0 Å². The van der Waals surface area contributed by atoms with Crippen LogP contribution in [-0.4, -0.2) is 0 Å². The Morgan fingerprint density at radius 2 is 1.84 bits per heavy atom. The van der Waals surface area contributed by atoms with Crippen LogP contribution in [0.3, 0.4) is 0 Å². The van der Waals surface area contributed by atoms with Crippen molar-refractivity contribution in [3.05, 3.63) is 54.1 Å². The van der Waals surface area contributed by atoms with Gasteiger partial charge in [0.05, 0.1) is 4.83 Å². The Hall–Kier alpha value is 0.360. The van der Waals surface area contributed by atoms with Gasteiger partial charge in [-0.25, -0.2) is 0 Å². The van der Waals surface area contributed by atoms with E-state index >= 15 is 0 Å². The number of hydrogen-bond donors (Lipinski definition) is 0. The number of rotatable bonds is 2. The van der Waals surface area contributed by atoms with Gasteiger partial charge in [0.2, 0.25) is 0 Å². The molecule has 0 radical (unpaired) electrons. The lowest BCUT2D eigenvalue weighted by Crippen LogP contribution is -1.96. The molecule has 0 spiro atoms. The van der Waals surface area contributed by atoms with Crippen molar-refractivity contribution in [1.29, 1.82) is 0 Å². The predicted molar refractivity (Wildman–Crippen MR) is 93.6 cm³/mol. The lowest BCUT2D eigenvalue weighted by Gasteiger charge is -2.11. The van der Waals surface area contributed by atoms with E-state index in [0.29, 0.717) is 0 Å². The highest BCUT2D eigenvalue weighted by Gasteiger charge is 2.20. The Balaban J connectivity index is 1.97. The molecule has 100 valence electrons. The number of aryl methyl sites for hydroxylation is 2. The van der Waals surface area contributed by atoms with Gasteiger partial charge in [-0.1, -0.05) is 47.8 Å². The van der Waals surface area contributed by atoms with Gasteiger partial charge in [0.15, 0.2) is 0 Å². The summed E-state index contributed by atoms with van der Waals surface area (Å²) in [5.74, 6) is 0. The van der Waals surface area contributed by atoms with Crippen LogP contribution in [0, 0.1) is 0 Å². The number of fused-ring (bicyclic) bond motifs is 1.